The number of aliphatic hydroxyl groups is 3. The summed E-state index contributed by atoms with van der Waals surface area (Å²) in [6.45, 7) is 3.33. The second kappa shape index (κ2) is 18.0. The highest BCUT2D eigenvalue weighted by Crippen LogP contribution is 2.23. The van der Waals surface area contributed by atoms with Crippen LogP contribution in [-0.4, -0.2) is 96.0 Å². The predicted octanol–water partition coefficient (Wildman–Crippen LogP) is 1.48. The minimum atomic E-state index is -4.57. The molecular weight excluding hydrogens is 512 g/mol. The largest absolute Gasteiger partial charge is 0.462 e. The number of esters is 2. The van der Waals surface area contributed by atoms with Crippen LogP contribution in [0.3, 0.4) is 0 Å². The molecule has 1 aliphatic heterocycles. The van der Waals surface area contributed by atoms with Gasteiger partial charge in [-0.15, -0.1) is 0 Å². The fourth-order valence-corrected chi connectivity index (χ4v) is 4.46. The number of ether oxygens (including phenoxy) is 4. The number of rotatable bonds is 19. The van der Waals surface area contributed by atoms with Gasteiger partial charge in [0, 0.05) is 12.8 Å². The summed E-state index contributed by atoms with van der Waals surface area (Å²) >= 11 is 0. The molecule has 218 valence electrons. The van der Waals surface area contributed by atoms with Gasteiger partial charge in [0.25, 0.3) is 10.1 Å². The van der Waals surface area contributed by atoms with E-state index in [0.717, 1.165) is 25.7 Å². The number of hydrogen-bond acceptors (Lipinski definition) is 11. The minimum Gasteiger partial charge on any atom is -0.462 e. The van der Waals surface area contributed by atoms with Gasteiger partial charge >= 0.3 is 11.9 Å². The van der Waals surface area contributed by atoms with E-state index in [9.17, 15) is 33.3 Å². The first kappa shape index (κ1) is 33.7. The van der Waals surface area contributed by atoms with E-state index in [1.807, 2.05) is 6.92 Å². The highest BCUT2D eigenvalue weighted by molar-refractivity contribution is 7.85. The second-order valence-electron chi connectivity index (χ2n) is 9.37. The van der Waals surface area contributed by atoms with E-state index in [1.165, 1.54) is 19.3 Å². The van der Waals surface area contributed by atoms with Crippen LogP contribution in [0.2, 0.25) is 0 Å². The number of aliphatic hydroxyl groups excluding tert-OH is 3. The van der Waals surface area contributed by atoms with Crippen molar-refractivity contribution >= 4 is 22.1 Å². The van der Waals surface area contributed by atoms with E-state index in [4.69, 9.17) is 23.5 Å². The molecule has 4 N–H and O–H groups in total. The summed E-state index contributed by atoms with van der Waals surface area (Å²) in [6, 6.07) is 0. The van der Waals surface area contributed by atoms with Crippen molar-refractivity contribution in [2.24, 2.45) is 0 Å². The van der Waals surface area contributed by atoms with Gasteiger partial charge in [0.15, 0.2) is 12.4 Å². The molecule has 0 unspecified atom stereocenters. The van der Waals surface area contributed by atoms with Crippen LogP contribution in [0.15, 0.2) is 0 Å². The van der Waals surface area contributed by atoms with Gasteiger partial charge in [-0.3, -0.25) is 14.1 Å². The molecule has 6 atom stereocenters. The van der Waals surface area contributed by atoms with E-state index in [0.29, 0.717) is 12.8 Å². The molecule has 1 heterocycles. The van der Waals surface area contributed by atoms with E-state index < -0.39 is 71.2 Å². The van der Waals surface area contributed by atoms with Gasteiger partial charge in [-0.05, 0) is 12.8 Å². The monoisotopic (exact) mass is 556 g/mol. The normalized spacial score (nSPS) is 25.0. The average Bonchev–Trinajstić information content (AvgIpc) is 2.83. The Morgan fingerprint density at radius 3 is 2.03 bits per heavy atom. The Balaban J connectivity index is 2.63. The molecule has 0 amide bonds. The summed E-state index contributed by atoms with van der Waals surface area (Å²) in [5.74, 6) is -2.03. The first-order chi connectivity index (χ1) is 17.5. The van der Waals surface area contributed by atoms with Crippen LogP contribution in [0, 0.1) is 0 Å². The highest BCUT2D eigenvalue weighted by atomic mass is 32.2. The molecule has 37 heavy (non-hydrogen) atoms. The lowest BCUT2D eigenvalue weighted by molar-refractivity contribution is -0.297. The van der Waals surface area contributed by atoms with Crippen LogP contribution in [0.5, 0.6) is 0 Å². The molecule has 0 saturated carbocycles. The van der Waals surface area contributed by atoms with E-state index >= 15 is 0 Å². The number of carbonyl (C=O) groups is 2. The molecule has 0 aromatic heterocycles. The van der Waals surface area contributed by atoms with E-state index in [2.05, 4.69) is 6.92 Å². The molecule has 0 radical (unpaired) electrons. The first-order valence-corrected chi connectivity index (χ1v) is 14.7. The van der Waals surface area contributed by atoms with Crippen molar-refractivity contribution < 1.29 is 56.8 Å². The van der Waals surface area contributed by atoms with Crippen molar-refractivity contribution in [3.05, 3.63) is 0 Å². The van der Waals surface area contributed by atoms with Crippen molar-refractivity contribution in [1.29, 1.82) is 0 Å². The van der Waals surface area contributed by atoms with E-state index in [-0.39, 0.29) is 19.4 Å². The average molecular weight is 557 g/mol. The summed E-state index contributed by atoms with van der Waals surface area (Å²) < 4.78 is 52.7. The molecule has 1 rings (SSSR count). The SMILES string of the molecule is CCCCCCCCCC(=O)OC[C@H](CO[C@@H]1O[C@H](CS(=O)(=O)O)[C@@H](O)[C@H](O)[C@H]1O)OC(=O)CCCC. The van der Waals surface area contributed by atoms with Crippen LogP contribution >= 0.6 is 0 Å². The van der Waals surface area contributed by atoms with E-state index in [1.54, 1.807) is 0 Å². The third-order valence-electron chi connectivity index (χ3n) is 5.94. The van der Waals surface area contributed by atoms with Gasteiger partial charge in [0.2, 0.25) is 0 Å². The molecule has 1 fully saturated rings. The quantitative estimate of drug-likeness (QED) is 0.102. The maximum absolute atomic E-state index is 12.1. The van der Waals surface area contributed by atoms with Crippen molar-refractivity contribution in [2.45, 2.75) is 121 Å². The second-order valence-corrected chi connectivity index (χ2v) is 10.9. The lowest BCUT2D eigenvalue weighted by Gasteiger charge is -2.40. The summed E-state index contributed by atoms with van der Waals surface area (Å²) in [5, 5.41) is 30.2. The van der Waals surface area contributed by atoms with Gasteiger partial charge in [0.05, 0.1) is 6.61 Å². The maximum Gasteiger partial charge on any atom is 0.306 e. The molecule has 1 saturated heterocycles. The molecule has 12 nitrogen and oxygen atoms in total. The van der Waals surface area contributed by atoms with Crippen molar-refractivity contribution in [2.75, 3.05) is 19.0 Å². The fraction of sp³-hybridized carbons (Fsp3) is 0.917. The number of hydrogen-bond donors (Lipinski definition) is 4. The lowest BCUT2D eigenvalue weighted by atomic mass is 10.00. The zero-order chi connectivity index (χ0) is 27.8. The summed E-state index contributed by atoms with van der Waals surface area (Å²) in [7, 11) is -4.57. The number of unbranched alkanes of at least 4 members (excludes halogenated alkanes) is 7. The third-order valence-corrected chi connectivity index (χ3v) is 6.69. The van der Waals surface area contributed by atoms with Crippen LogP contribution < -0.4 is 0 Å². The maximum atomic E-state index is 12.1. The predicted molar refractivity (Wildman–Crippen MR) is 132 cm³/mol. The van der Waals surface area contributed by atoms with Gasteiger partial charge in [-0.2, -0.15) is 8.42 Å². The number of carbonyl (C=O) groups excluding carboxylic acids is 2. The summed E-state index contributed by atoms with van der Waals surface area (Å²) in [5.41, 5.74) is 0. The van der Waals surface area contributed by atoms with Crippen molar-refractivity contribution in [3.63, 3.8) is 0 Å². The van der Waals surface area contributed by atoms with Gasteiger partial charge < -0.3 is 34.3 Å². The Kier molecular flexibility index (Phi) is 16.4. The molecule has 0 aromatic carbocycles. The molecule has 0 aliphatic carbocycles. The summed E-state index contributed by atoms with van der Waals surface area (Å²) in [6.07, 6.45) is -0.596. The Bertz CT molecular complexity index is 759. The smallest absolute Gasteiger partial charge is 0.306 e. The lowest BCUT2D eigenvalue weighted by Crippen LogP contribution is -2.60. The first-order valence-electron chi connectivity index (χ1n) is 13.1. The van der Waals surface area contributed by atoms with Crippen LogP contribution in [0.1, 0.15) is 84.5 Å². The summed E-state index contributed by atoms with van der Waals surface area (Å²) in [4.78, 5) is 24.3. The van der Waals surface area contributed by atoms with Crippen LogP contribution in [0.4, 0.5) is 0 Å². The van der Waals surface area contributed by atoms with Gasteiger partial charge in [-0.25, -0.2) is 0 Å². The molecule has 0 spiro atoms. The van der Waals surface area contributed by atoms with Crippen molar-refractivity contribution in [1.82, 2.24) is 0 Å². The zero-order valence-electron chi connectivity index (χ0n) is 21.8. The van der Waals surface area contributed by atoms with Crippen molar-refractivity contribution in [3.8, 4) is 0 Å². The van der Waals surface area contributed by atoms with Crippen LogP contribution in [0.25, 0.3) is 0 Å². The Morgan fingerprint density at radius 2 is 1.41 bits per heavy atom. The van der Waals surface area contributed by atoms with Gasteiger partial charge in [0.1, 0.15) is 36.8 Å². The van der Waals surface area contributed by atoms with Gasteiger partial charge in [-0.1, -0.05) is 58.8 Å². The Labute approximate surface area is 219 Å². The zero-order valence-corrected chi connectivity index (χ0v) is 22.6. The molecule has 13 heteroatoms. The molecular formula is C24H44O12S. The Morgan fingerprint density at radius 1 is 0.811 bits per heavy atom. The fourth-order valence-electron chi connectivity index (χ4n) is 3.77. The molecule has 0 bridgehead atoms. The minimum absolute atomic E-state index is 0.142. The molecule has 1 aliphatic rings. The van der Waals surface area contributed by atoms with Crippen LogP contribution in [-0.2, 0) is 38.7 Å². The standard InChI is InChI=1S/C24H44O12S/c1-3-5-7-8-9-10-11-13-19(25)33-14-17(35-20(26)12-6-4-2)15-34-24-23(29)22(28)21(27)18(36-24)16-37(30,31)32/h17-18,21-24,27-29H,3-16H2,1-2H3,(H,30,31,32)/t17-,18-,21-,22+,23-,24-/m1/s1. The third kappa shape index (κ3) is 14.4. The highest BCUT2D eigenvalue weighted by Gasteiger charge is 2.46. The topological polar surface area (TPSA) is 186 Å². The Hall–Kier alpha value is -1.35. The molecule has 0 aromatic rings.